The average molecular weight is 505 g/mol. The lowest BCUT2D eigenvalue weighted by molar-refractivity contribution is 0.0901. The zero-order chi connectivity index (χ0) is 25.6. The molecule has 7 heteroatoms. The maximum Gasteiger partial charge on any atom is 0.162 e. The lowest BCUT2D eigenvalue weighted by Crippen LogP contribution is -2.34. The van der Waals surface area contributed by atoms with Crippen molar-refractivity contribution in [2.24, 2.45) is 17.0 Å². The van der Waals surface area contributed by atoms with E-state index >= 15 is 0 Å². The van der Waals surface area contributed by atoms with Gasteiger partial charge in [0.05, 0.1) is 17.3 Å². The van der Waals surface area contributed by atoms with Crippen molar-refractivity contribution in [3.05, 3.63) is 83.5 Å². The minimum absolute atomic E-state index is 0.0746. The number of hydrogen-bond donors (Lipinski definition) is 0. The molecule has 196 valence electrons. The van der Waals surface area contributed by atoms with E-state index in [4.69, 9.17) is 9.57 Å². The molecule has 5 rings (SSSR count). The number of fused-ring (bicyclic) bond motifs is 1. The van der Waals surface area contributed by atoms with Gasteiger partial charge in [0.25, 0.3) is 0 Å². The molecule has 0 bridgehead atoms. The molecule has 1 aliphatic carbocycles. The molecule has 2 unspecified atom stereocenters. The molecule has 1 saturated heterocycles. The molecule has 1 aromatic heterocycles. The van der Waals surface area contributed by atoms with Gasteiger partial charge >= 0.3 is 0 Å². The van der Waals surface area contributed by atoms with Crippen molar-refractivity contribution in [2.45, 2.75) is 38.3 Å². The maximum atomic E-state index is 13.2. The van der Waals surface area contributed by atoms with Crippen LogP contribution in [0.2, 0.25) is 0 Å². The maximum absolute atomic E-state index is 13.2. The van der Waals surface area contributed by atoms with E-state index in [-0.39, 0.29) is 17.8 Å². The summed E-state index contributed by atoms with van der Waals surface area (Å²) in [6.07, 6.45) is 10.8. The van der Waals surface area contributed by atoms with Gasteiger partial charge in [0.15, 0.2) is 6.10 Å². The fourth-order valence-electron chi connectivity index (χ4n) is 5.51. The number of likely N-dealkylation sites (tertiary alicyclic amines) is 1. The standard InChI is InChI=1S/C30H37FN4O2/c1-34(2)20-28-23(21-36-26-10-8-24(31)9-11-26)7-12-27-29(33-37-30(27)28)13-6-22-14-17-35(18-15-22)19-25-5-3-4-16-32-25/h3-5,7-12,16,22,27,30H,6,13-15,17-21H2,1-2H3. The number of nitrogens with zero attached hydrogens (tertiary/aromatic N) is 4. The Bertz CT molecular complexity index is 1120. The number of likely N-dealkylation sites (N-methyl/N-ethyl adjacent to an activating group) is 1. The topological polar surface area (TPSA) is 50.2 Å². The van der Waals surface area contributed by atoms with Gasteiger partial charge in [-0.25, -0.2) is 4.39 Å². The summed E-state index contributed by atoms with van der Waals surface area (Å²) >= 11 is 0. The van der Waals surface area contributed by atoms with Crippen LogP contribution in [0.15, 0.2) is 77.1 Å². The molecule has 0 radical (unpaired) electrons. The largest absolute Gasteiger partial charge is 0.489 e. The first kappa shape index (κ1) is 25.6. The number of aromatic nitrogens is 1. The highest BCUT2D eigenvalue weighted by molar-refractivity contribution is 5.90. The van der Waals surface area contributed by atoms with Crippen LogP contribution in [-0.2, 0) is 11.4 Å². The van der Waals surface area contributed by atoms with Crippen LogP contribution in [-0.4, -0.2) is 66.9 Å². The summed E-state index contributed by atoms with van der Waals surface area (Å²) in [6.45, 7) is 4.40. The molecular weight excluding hydrogens is 467 g/mol. The average Bonchev–Trinajstić information content (AvgIpc) is 3.32. The summed E-state index contributed by atoms with van der Waals surface area (Å²) in [5.74, 6) is 1.31. The normalized spacial score (nSPS) is 22.2. The van der Waals surface area contributed by atoms with E-state index in [2.05, 4.69) is 58.3 Å². The van der Waals surface area contributed by atoms with Crippen LogP contribution >= 0.6 is 0 Å². The van der Waals surface area contributed by atoms with Crippen molar-refractivity contribution in [3.8, 4) is 5.75 Å². The fraction of sp³-hybridized carbons (Fsp3) is 0.467. The number of rotatable bonds is 10. The zero-order valence-corrected chi connectivity index (χ0v) is 21.9. The van der Waals surface area contributed by atoms with Crippen molar-refractivity contribution in [1.82, 2.24) is 14.8 Å². The van der Waals surface area contributed by atoms with Crippen molar-refractivity contribution in [3.63, 3.8) is 0 Å². The predicted molar refractivity (Wildman–Crippen MR) is 144 cm³/mol. The third kappa shape index (κ3) is 6.65. The molecule has 1 aromatic carbocycles. The number of pyridine rings is 1. The quantitative estimate of drug-likeness (QED) is 0.451. The van der Waals surface area contributed by atoms with E-state index in [0.29, 0.717) is 12.4 Å². The number of piperidine rings is 1. The number of halogens is 1. The Hall–Kier alpha value is -3.03. The van der Waals surface area contributed by atoms with Crippen LogP contribution in [0.3, 0.4) is 0 Å². The minimum atomic E-state index is -0.265. The molecule has 3 aliphatic rings. The van der Waals surface area contributed by atoms with E-state index in [1.54, 1.807) is 12.1 Å². The monoisotopic (exact) mass is 504 g/mol. The lowest BCUT2D eigenvalue weighted by atomic mass is 9.81. The van der Waals surface area contributed by atoms with Crippen molar-refractivity contribution in [2.75, 3.05) is 40.3 Å². The number of ether oxygens (including phenoxy) is 1. The molecule has 3 heterocycles. The van der Waals surface area contributed by atoms with Crippen LogP contribution in [0.1, 0.15) is 31.4 Å². The summed E-state index contributed by atoms with van der Waals surface area (Å²) < 4.78 is 19.2. The third-order valence-corrected chi connectivity index (χ3v) is 7.58. The van der Waals surface area contributed by atoms with Crippen LogP contribution in [0.4, 0.5) is 4.39 Å². The van der Waals surface area contributed by atoms with E-state index < -0.39 is 0 Å². The Morgan fingerprint density at radius 3 is 2.65 bits per heavy atom. The molecule has 2 aliphatic heterocycles. The smallest absolute Gasteiger partial charge is 0.162 e. The Balaban J connectivity index is 1.14. The molecule has 6 nitrogen and oxygen atoms in total. The van der Waals surface area contributed by atoms with Crippen LogP contribution in [0, 0.1) is 17.7 Å². The molecular formula is C30H37FN4O2. The number of oxime groups is 1. The van der Waals surface area contributed by atoms with Crippen LogP contribution in [0.25, 0.3) is 0 Å². The zero-order valence-electron chi connectivity index (χ0n) is 21.9. The van der Waals surface area contributed by atoms with Crippen LogP contribution < -0.4 is 4.74 Å². The summed E-state index contributed by atoms with van der Waals surface area (Å²) in [5, 5.41) is 4.57. The molecule has 2 aromatic rings. The van der Waals surface area contributed by atoms with E-state index in [0.717, 1.165) is 61.9 Å². The lowest BCUT2D eigenvalue weighted by Gasteiger charge is -2.32. The second kappa shape index (κ2) is 12.0. The molecule has 0 N–H and O–H groups in total. The van der Waals surface area contributed by atoms with Gasteiger partial charge in [-0.05, 0) is 106 Å². The highest BCUT2D eigenvalue weighted by atomic mass is 19.1. The molecule has 37 heavy (non-hydrogen) atoms. The van der Waals surface area contributed by atoms with Gasteiger partial charge in [-0.1, -0.05) is 23.4 Å². The van der Waals surface area contributed by atoms with Gasteiger partial charge in [-0.15, -0.1) is 0 Å². The predicted octanol–water partition coefficient (Wildman–Crippen LogP) is 5.09. The molecule has 0 saturated carbocycles. The van der Waals surface area contributed by atoms with Gasteiger partial charge in [0.1, 0.15) is 18.2 Å². The summed E-state index contributed by atoms with van der Waals surface area (Å²) in [7, 11) is 4.13. The molecule has 0 amide bonds. The van der Waals surface area contributed by atoms with Gasteiger partial charge < -0.3 is 14.5 Å². The van der Waals surface area contributed by atoms with E-state index in [1.165, 1.54) is 30.5 Å². The second-order valence-corrected chi connectivity index (χ2v) is 10.6. The first-order valence-corrected chi connectivity index (χ1v) is 13.3. The van der Waals surface area contributed by atoms with Crippen molar-refractivity contribution < 1.29 is 14.0 Å². The van der Waals surface area contributed by atoms with Gasteiger partial charge in [0, 0.05) is 19.3 Å². The third-order valence-electron chi connectivity index (χ3n) is 7.58. The first-order chi connectivity index (χ1) is 18.0. The fourth-order valence-corrected chi connectivity index (χ4v) is 5.51. The van der Waals surface area contributed by atoms with Crippen LogP contribution in [0.5, 0.6) is 5.75 Å². The Labute approximate surface area is 219 Å². The van der Waals surface area contributed by atoms with E-state index in [1.807, 2.05) is 12.3 Å². The summed E-state index contributed by atoms with van der Waals surface area (Å²) in [5.41, 5.74) is 4.63. The minimum Gasteiger partial charge on any atom is -0.489 e. The molecule has 2 atom stereocenters. The Morgan fingerprint density at radius 2 is 1.92 bits per heavy atom. The summed E-state index contributed by atoms with van der Waals surface area (Å²) in [4.78, 5) is 15.2. The van der Waals surface area contributed by atoms with Crippen molar-refractivity contribution in [1.29, 1.82) is 0 Å². The Morgan fingerprint density at radius 1 is 1.11 bits per heavy atom. The van der Waals surface area contributed by atoms with E-state index in [9.17, 15) is 4.39 Å². The van der Waals surface area contributed by atoms with Gasteiger partial charge in [-0.2, -0.15) is 0 Å². The van der Waals surface area contributed by atoms with Gasteiger partial charge in [0.2, 0.25) is 0 Å². The second-order valence-electron chi connectivity index (χ2n) is 10.6. The van der Waals surface area contributed by atoms with Gasteiger partial charge in [-0.3, -0.25) is 9.88 Å². The first-order valence-electron chi connectivity index (χ1n) is 13.3. The highest BCUT2D eigenvalue weighted by Gasteiger charge is 2.38. The highest BCUT2D eigenvalue weighted by Crippen LogP contribution is 2.35. The molecule has 0 spiro atoms. The number of benzene rings is 1. The van der Waals surface area contributed by atoms with Crippen molar-refractivity contribution >= 4 is 5.71 Å². The summed E-state index contributed by atoms with van der Waals surface area (Å²) in [6, 6.07) is 12.3. The molecule has 1 fully saturated rings. The SMILES string of the molecule is CN(C)CC1=C(COc2ccc(F)cc2)C=CC2C(CCC3CCN(Cc4ccccn4)CC3)=NOC12. The number of hydrogen-bond acceptors (Lipinski definition) is 6. The Kier molecular flexibility index (Phi) is 8.31.